The summed E-state index contributed by atoms with van der Waals surface area (Å²) < 4.78 is 0. The summed E-state index contributed by atoms with van der Waals surface area (Å²) in [6.45, 7) is 0. The number of amides is 2. The van der Waals surface area contributed by atoms with Gasteiger partial charge in [0, 0.05) is 11.4 Å². The summed E-state index contributed by atoms with van der Waals surface area (Å²) in [6, 6.07) is 6.80. The summed E-state index contributed by atoms with van der Waals surface area (Å²) in [5.74, 6) is -1.41. The van der Waals surface area contributed by atoms with E-state index in [4.69, 9.17) is 23.1 Å². The van der Waals surface area contributed by atoms with Gasteiger partial charge in [0.15, 0.2) is 0 Å². The molecule has 1 atom stereocenters. The van der Waals surface area contributed by atoms with Crippen molar-refractivity contribution >= 4 is 23.4 Å². The van der Waals surface area contributed by atoms with E-state index in [1.165, 1.54) is 0 Å². The van der Waals surface area contributed by atoms with Crippen molar-refractivity contribution in [2.24, 2.45) is 11.5 Å². The van der Waals surface area contributed by atoms with Gasteiger partial charge in [0.25, 0.3) is 0 Å². The molecule has 1 unspecified atom stereocenters. The van der Waals surface area contributed by atoms with Crippen LogP contribution in [-0.4, -0.2) is 11.8 Å². The fourth-order valence-corrected chi connectivity index (χ4v) is 1.58. The molecule has 86 valence electrons. The SMILES string of the molecule is NC(=O)CCC(C(N)=O)c1ccc(Cl)cc1. The van der Waals surface area contributed by atoms with Crippen molar-refractivity contribution in [1.29, 1.82) is 0 Å². The van der Waals surface area contributed by atoms with E-state index in [2.05, 4.69) is 0 Å². The molecule has 16 heavy (non-hydrogen) atoms. The molecule has 0 bridgehead atoms. The first-order chi connectivity index (χ1) is 7.50. The molecule has 2 amide bonds. The smallest absolute Gasteiger partial charge is 0.224 e. The average Bonchev–Trinajstić information content (AvgIpc) is 2.20. The lowest BCUT2D eigenvalue weighted by atomic mass is 9.93. The van der Waals surface area contributed by atoms with Gasteiger partial charge in [0.05, 0.1) is 5.92 Å². The van der Waals surface area contributed by atoms with Crippen LogP contribution in [0.15, 0.2) is 24.3 Å². The molecule has 0 radical (unpaired) electrons. The first-order valence-electron chi connectivity index (χ1n) is 4.84. The third-order valence-corrected chi connectivity index (χ3v) is 2.55. The minimum Gasteiger partial charge on any atom is -0.370 e. The van der Waals surface area contributed by atoms with Gasteiger partial charge in [-0.1, -0.05) is 23.7 Å². The van der Waals surface area contributed by atoms with Crippen LogP contribution in [0.5, 0.6) is 0 Å². The van der Waals surface area contributed by atoms with E-state index in [1.807, 2.05) is 0 Å². The normalized spacial score (nSPS) is 12.1. The Labute approximate surface area is 98.6 Å². The van der Waals surface area contributed by atoms with Crippen molar-refractivity contribution in [2.45, 2.75) is 18.8 Å². The Bertz CT molecular complexity index is 389. The Morgan fingerprint density at radius 3 is 2.19 bits per heavy atom. The van der Waals surface area contributed by atoms with E-state index in [9.17, 15) is 9.59 Å². The van der Waals surface area contributed by atoms with Gasteiger partial charge in [-0.15, -0.1) is 0 Å². The lowest BCUT2D eigenvalue weighted by Crippen LogP contribution is -2.23. The van der Waals surface area contributed by atoms with Gasteiger partial charge in [-0.25, -0.2) is 0 Å². The van der Waals surface area contributed by atoms with Crippen molar-refractivity contribution in [3.8, 4) is 0 Å². The first kappa shape index (κ1) is 12.5. The van der Waals surface area contributed by atoms with Crippen molar-refractivity contribution in [3.63, 3.8) is 0 Å². The summed E-state index contributed by atoms with van der Waals surface area (Å²) in [6.07, 6.45) is 0.461. The van der Waals surface area contributed by atoms with Gasteiger partial charge in [-0.3, -0.25) is 9.59 Å². The van der Waals surface area contributed by atoms with Crippen LogP contribution in [0.1, 0.15) is 24.3 Å². The summed E-state index contributed by atoms with van der Waals surface area (Å²) in [7, 11) is 0. The zero-order valence-electron chi connectivity index (χ0n) is 8.65. The van der Waals surface area contributed by atoms with Crippen LogP contribution in [0.2, 0.25) is 5.02 Å². The molecule has 0 aliphatic heterocycles. The third kappa shape index (κ3) is 3.55. The Morgan fingerprint density at radius 2 is 1.75 bits per heavy atom. The van der Waals surface area contributed by atoms with Crippen molar-refractivity contribution in [2.75, 3.05) is 0 Å². The second kappa shape index (κ2) is 5.51. The standard InChI is InChI=1S/C11H13ClN2O2/c12-8-3-1-7(2-4-8)9(11(14)16)5-6-10(13)15/h1-4,9H,5-6H2,(H2,13,15)(H2,14,16). The van der Waals surface area contributed by atoms with E-state index < -0.39 is 17.7 Å². The number of benzene rings is 1. The number of hydrogen-bond donors (Lipinski definition) is 2. The summed E-state index contributed by atoms with van der Waals surface area (Å²) >= 11 is 5.73. The van der Waals surface area contributed by atoms with Crippen LogP contribution in [0.4, 0.5) is 0 Å². The molecular weight excluding hydrogens is 228 g/mol. The van der Waals surface area contributed by atoms with E-state index >= 15 is 0 Å². The zero-order valence-corrected chi connectivity index (χ0v) is 9.41. The molecule has 0 spiro atoms. The highest BCUT2D eigenvalue weighted by Crippen LogP contribution is 2.22. The highest BCUT2D eigenvalue weighted by atomic mass is 35.5. The van der Waals surface area contributed by atoms with Crippen LogP contribution in [0, 0.1) is 0 Å². The topological polar surface area (TPSA) is 86.2 Å². The second-order valence-corrected chi connectivity index (χ2v) is 3.95. The van der Waals surface area contributed by atoms with Crippen molar-refractivity contribution in [3.05, 3.63) is 34.9 Å². The van der Waals surface area contributed by atoms with Gasteiger partial charge >= 0.3 is 0 Å². The predicted octanol–water partition coefficient (Wildman–Crippen LogP) is 1.17. The highest BCUT2D eigenvalue weighted by Gasteiger charge is 2.18. The van der Waals surface area contributed by atoms with Gasteiger partial charge in [-0.05, 0) is 24.1 Å². The average molecular weight is 241 g/mol. The predicted molar refractivity (Wildman–Crippen MR) is 61.8 cm³/mol. The maximum atomic E-state index is 11.2. The van der Waals surface area contributed by atoms with E-state index in [1.54, 1.807) is 24.3 Å². The van der Waals surface area contributed by atoms with Crippen LogP contribution in [-0.2, 0) is 9.59 Å². The van der Waals surface area contributed by atoms with Crippen LogP contribution in [0.25, 0.3) is 0 Å². The lowest BCUT2D eigenvalue weighted by molar-refractivity contribution is -0.120. The number of carbonyl (C=O) groups excluding carboxylic acids is 2. The maximum absolute atomic E-state index is 11.2. The summed E-state index contributed by atoms with van der Waals surface area (Å²) in [4.78, 5) is 21.9. The fourth-order valence-electron chi connectivity index (χ4n) is 1.45. The molecule has 4 nitrogen and oxygen atoms in total. The molecule has 1 aromatic carbocycles. The monoisotopic (exact) mass is 240 g/mol. The Hall–Kier alpha value is -1.55. The number of rotatable bonds is 5. The molecular formula is C11H13ClN2O2. The largest absolute Gasteiger partial charge is 0.370 e. The molecule has 0 heterocycles. The number of carbonyl (C=O) groups is 2. The van der Waals surface area contributed by atoms with Gasteiger partial charge in [0.1, 0.15) is 0 Å². The molecule has 5 heteroatoms. The van der Waals surface area contributed by atoms with Crippen LogP contribution >= 0.6 is 11.6 Å². The first-order valence-corrected chi connectivity index (χ1v) is 5.21. The Morgan fingerprint density at radius 1 is 1.19 bits per heavy atom. The van der Waals surface area contributed by atoms with E-state index in [0.717, 1.165) is 5.56 Å². The van der Waals surface area contributed by atoms with E-state index in [0.29, 0.717) is 11.4 Å². The van der Waals surface area contributed by atoms with Crippen molar-refractivity contribution in [1.82, 2.24) is 0 Å². The molecule has 0 saturated carbocycles. The molecule has 0 aliphatic carbocycles. The number of primary amides is 2. The van der Waals surface area contributed by atoms with Crippen LogP contribution in [0.3, 0.4) is 0 Å². The van der Waals surface area contributed by atoms with E-state index in [-0.39, 0.29) is 6.42 Å². The molecule has 1 aromatic rings. The zero-order chi connectivity index (χ0) is 12.1. The number of nitrogens with two attached hydrogens (primary N) is 2. The molecule has 1 rings (SSSR count). The number of halogens is 1. The summed E-state index contributed by atoms with van der Waals surface area (Å²) in [5.41, 5.74) is 11.0. The van der Waals surface area contributed by atoms with Gasteiger partial charge in [0.2, 0.25) is 11.8 Å². The molecule has 0 saturated heterocycles. The van der Waals surface area contributed by atoms with Crippen molar-refractivity contribution < 1.29 is 9.59 Å². The minimum absolute atomic E-state index is 0.135. The lowest BCUT2D eigenvalue weighted by Gasteiger charge is -2.12. The maximum Gasteiger partial charge on any atom is 0.224 e. The fraction of sp³-hybridized carbons (Fsp3) is 0.273. The highest BCUT2D eigenvalue weighted by molar-refractivity contribution is 6.30. The third-order valence-electron chi connectivity index (χ3n) is 2.30. The minimum atomic E-state index is -0.496. The Balaban J connectivity index is 2.81. The van der Waals surface area contributed by atoms with Crippen LogP contribution < -0.4 is 11.5 Å². The van der Waals surface area contributed by atoms with Gasteiger partial charge in [-0.2, -0.15) is 0 Å². The quantitative estimate of drug-likeness (QED) is 0.810. The van der Waals surface area contributed by atoms with Gasteiger partial charge < -0.3 is 11.5 Å². The molecule has 0 aliphatic rings. The molecule has 0 aromatic heterocycles. The molecule has 0 fully saturated rings. The summed E-state index contributed by atoms with van der Waals surface area (Å²) in [5, 5.41) is 0.585. The molecule has 4 N–H and O–H groups in total. The number of hydrogen-bond acceptors (Lipinski definition) is 2. The Kier molecular flexibility index (Phi) is 4.31. The second-order valence-electron chi connectivity index (χ2n) is 3.51.